The Morgan fingerprint density at radius 3 is 2.19 bits per heavy atom. The Hall–Kier alpha value is -1.30. The molecule has 0 unspecified atom stereocenters. The van der Waals surface area contributed by atoms with E-state index in [4.69, 9.17) is 0 Å². The number of carbonyl (C=O) groups is 2. The van der Waals surface area contributed by atoms with E-state index < -0.39 is 0 Å². The summed E-state index contributed by atoms with van der Waals surface area (Å²) in [4.78, 5) is 34.0. The Morgan fingerprint density at radius 2 is 1.58 bits per heavy atom. The van der Waals surface area contributed by atoms with Crippen molar-refractivity contribution in [3.63, 3.8) is 0 Å². The van der Waals surface area contributed by atoms with Crippen LogP contribution in [0.2, 0.25) is 0 Å². The second-order valence-electron chi connectivity index (χ2n) is 9.43. The summed E-state index contributed by atoms with van der Waals surface area (Å²) in [6.07, 6.45) is 6.64. The van der Waals surface area contributed by atoms with E-state index in [1.165, 1.54) is 0 Å². The molecule has 26 heavy (non-hydrogen) atoms. The fourth-order valence-electron chi connectivity index (χ4n) is 6.41. The third-order valence-electron chi connectivity index (χ3n) is 7.75. The number of amides is 3. The largest absolute Gasteiger partial charge is 0.342 e. The van der Waals surface area contributed by atoms with Gasteiger partial charge in [0.05, 0.1) is 5.41 Å². The SMILES string of the molecule is CN1C[C@@H]2C3(CCN(C(=O)N(C)C)CC3)CC[C@]2(C(=O)N2CCCC2)C1. The molecule has 0 bridgehead atoms. The number of fused-ring (bicyclic) bond motifs is 2. The minimum Gasteiger partial charge on any atom is -0.342 e. The highest BCUT2D eigenvalue weighted by molar-refractivity contribution is 5.84. The maximum absolute atomic E-state index is 13.5. The Morgan fingerprint density at radius 1 is 0.923 bits per heavy atom. The maximum atomic E-state index is 13.5. The van der Waals surface area contributed by atoms with Crippen molar-refractivity contribution < 1.29 is 9.59 Å². The van der Waals surface area contributed by atoms with Crippen LogP contribution in [0.4, 0.5) is 4.79 Å². The van der Waals surface area contributed by atoms with Crippen LogP contribution in [0.5, 0.6) is 0 Å². The van der Waals surface area contributed by atoms with Crippen molar-refractivity contribution in [2.45, 2.75) is 38.5 Å². The minimum absolute atomic E-state index is 0.126. The number of likely N-dealkylation sites (tertiary alicyclic amines) is 3. The smallest absolute Gasteiger partial charge is 0.319 e. The molecule has 3 amide bonds. The first-order valence-corrected chi connectivity index (χ1v) is 10.3. The van der Waals surface area contributed by atoms with Crippen LogP contribution >= 0.6 is 0 Å². The molecule has 0 aromatic heterocycles. The minimum atomic E-state index is -0.160. The fraction of sp³-hybridized carbons (Fsp3) is 0.900. The normalized spacial score (nSPS) is 33.7. The molecule has 3 aliphatic heterocycles. The fourth-order valence-corrected chi connectivity index (χ4v) is 6.41. The van der Waals surface area contributed by atoms with E-state index in [1.807, 2.05) is 19.0 Å². The molecule has 146 valence electrons. The van der Waals surface area contributed by atoms with Gasteiger partial charge in [-0.05, 0) is 56.9 Å². The lowest BCUT2D eigenvalue weighted by molar-refractivity contribution is -0.142. The molecule has 3 saturated heterocycles. The Balaban J connectivity index is 1.53. The van der Waals surface area contributed by atoms with Gasteiger partial charge in [-0.3, -0.25) is 4.79 Å². The van der Waals surface area contributed by atoms with Crippen molar-refractivity contribution in [1.82, 2.24) is 19.6 Å². The summed E-state index contributed by atoms with van der Waals surface area (Å²) in [6, 6.07) is 0.126. The lowest BCUT2D eigenvalue weighted by Gasteiger charge is -2.45. The van der Waals surface area contributed by atoms with Gasteiger partial charge in [0, 0.05) is 53.4 Å². The van der Waals surface area contributed by atoms with Gasteiger partial charge in [-0.15, -0.1) is 0 Å². The van der Waals surface area contributed by atoms with E-state index in [-0.39, 0.29) is 16.9 Å². The van der Waals surface area contributed by atoms with Crippen LogP contribution < -0.4 is 0 Å². The molecule has 4 aliphatic rings. The molecule has 3 heterocycles. The number of nitrogens with zero attached hydrogens (tertiary/aromatic N) is 4. The van der Waals surface area contributed by atoms with Crippen molar-refractivity contribution in [2.75, 3.05) is 60.4 Å². The van der Waals surface area contributed by atoms with Gasteiger partial charge in [0.1, 0.15) is 0 Å². The Kier molecular flexibility index (Phi) is 4.45. The van der Waals surface area contributed by atoms with Crippen molar-refractivity contribution in [2.24, 2.45) is 16.7 Å². The predicted octanol–water partition coefficient (Wildman–Crippen LogP) is 1.71. The van der Waals surface area contributed by atoms with Crippen molar-refractivity contribution in [1.29, 1.82) is 0 Å². The van der Waals surface area contributed by atoms with Gasteiger partial charge >= 0.3 is 6.03 Å². The van der Waals surface area contributed by atoms with Crippen LogP contribution in [-0.4, -0.2) is 91.9 Å². The lowest BCUT2D eigenvalue weighted by atomic mass is 9.65. The molecule has 1 aliphatic carbocycles. The molecule has 6 nitrogen and oxygen atoms in total. The summed E-state index contributed by atoms with van der Waals surface area (Å²) in [6.45, 7) is 5.55. The maximum Gasteiger partial charge on any atom is 0.319 e. The second-order valence-corrected chi connectivity index (χ2v) is 9.43. The molecule has 6 heteroatoms. The van der Waals surface area contributed by atoms with E-state index in [9.17, 15) is 9.59 Å². The van der Waals surface area contributed by atoms with E-state index in [1.54, 1.807) is 4.90 Å². The van der Waals surface area contributed by atoms with Crippen LogP contribution in [0.15, 0.2) is 0 Å². The predicted molar refractivity (Wildman–Crippen MR) is 101 cm³/mol. The van der Waals surface area contributed by atoms with Gasteiger partial charge in [-0.1, -0.05) is 0 Å². The topological polar surface area (TPSA) is 47.1 Å². The first-order chi connectivity index (χ1) is 12.4. The lowest BCUT2D eigenvalue weighted by Crippen LogP contribution is -2.51. The monoisotopic (exact) mass is 362 g/mol. The van der Waals surface area contributed by atoms with Gasteiger partial charge in [0.25, 0.3) is 0 Å². The van der Waals surface area contributed by atoms with Crippen LogP contribution in [-0.2, 0) is 4.79 Å². The Labute approximate surface area is 157 Å². The number of hydrogen-bond acceptors (Lipinski definition) is 3. The van der Waals surface area contributed by atoms with Gasteiger partial charge in [0.15, 0.2) is 0 Å². The van der Waals surface area contributed by atoms with Crippen LogP contribution in [0.1, 0.15) is 38.5 Å². The van der Waals surface area contributed by atoms with Gasteiger partial charge in [-0.2, -0.15) is 0 Å². The van der Waals surface area contributed by atoms with Gasteiger partial charge in [0.2, 0.25) is 5.91 Å². The van der Waals surface area contributed by atoms with Crippen molar-refractivity contribution >= 4 is 11.9 Å². The third kappa shape index (κ3) is 2.63. The van der Waals surface area contributed by atoms with Crippen molar-refractivity contribution in [3.05, 3.63) is 0 Å². The average molecular weight is 363 g/mol. The van der Waals surface area contributed by atoms with E-state index >= 15 is 0 Å². The molecule has 2 atom stereocenters. The number of carbonyl (C=O) groups excluding carboxylic acids is 2. The highest BCUT2D eigenvalue weighted by Crippen LogP contribution is 2.62. The number of hydrogen-bond donors (Lipinski definition) is 0. The second kappa shape index (κ2) is 6.39. The molecule has 0 aromatic carbocycles. The molecule has 0 aromatic rings. The summed E-state index contributed by atoms with van der Waals surface area (Å²) in [7, 11) is 5.83. The quantitative estimate of drug-likeness (QED) is 0.713. The molecule has 1 spiro atoms. The summed E-state index contributed by atoms with van der Waals surface area (Å²) in [5.74, 6) is 0.901. The molecule has 4 fully saturated rings. The van der Waals surface area contributed by atoms with Crippen LogP contribution in [0.3, 0.4) is 0 Å². The third-order valence-corrected chi connectivity index (χ3v) is 7.75. The van der Waals surface area contributed by atoms with E-state index in [0.717, 1.165) is 77.8 Å². The van der Waals surface area contributed by atoms with Crippen LogP contribution in [0.25, 0.3) is 0 Å². The molecule has 0 radical (unpaired) electrons. The Bertz CT molecular complexity index is 578. The van der Waals surface area contributed by atoms with Crippen LogP contribution in [0, 0.1) is 16.7 Å². The summed E-state index contributed by atoms with van der Waals surface area (Å²) < 4.78 is 0. The zero-order valence-electron chi connectivity index (χ0n) is 16.7. The highest BCUT2D eigenvalue weighted by Gasteiger charge is 2.64. The van der Waals surface area contributed by atoms with Gasteiger partial charge in [-0.25, -0.2) is 4.79 Å². The number of piperidine rings is 1. The first kappa shape index (κ1) is 18.1. The first-order valence-electron chi connectivity index (χ1n) is 10.3. The zero-order valence-corrected chi connectivity index (χ0v) is 16.7. The average Bonchev–Trinajstić information content (AvgIpc) is 3.32. The molecular weight excluding hydrogens is 328 g/mol. The summed E-state index contributed by atoms with van der Waals surface area (Å²) in [5.41, 5.74) is 0.0933. The molecule has 1 saturated carbocycles. The zero-order chi connectivity index (χ0) is 18.5. The molecule has 0 N–H and O–H groups in total. The van der Waals surface area contributed by atoms with Crippen molar-refractivity contribution in [3.8, 4) is 0 Å². The standard InChI is InChI=1S/C20H34N4O2/c1-21(2)18(26)24-12-8-19(9-13-24)6-7-20(15-22(3)14-16(19)20)17(25)23-10-4-5-11-23/h16H,4-15H2,1-3H3/t16-,20+/m1/s1. The summed E-state index contributed by atoms with van der Waals surface area (Å²) in [5, 5.41) is 0. The molecule has 4 rings (SSSR count). The van der Waals surface area contributed by atoms with Gasteiger partial charge < -0.3 is 19.6 Å². The number of rotatable bonds is 1. The number of urea groups is 1. The highest BCUT2D eigenvalue weighted by atomic mass is 16.2. The molecular formula is C20H34N4O2. The van der Waals surface area contributed by atoms with E-state index in [0.29, 0.717) is 11.8 Å². The van der Waals surface area contributed by atoms with E-state index in [2.05, 4.69) is 16.8 Å². The summed E-state index contributed by atoms with van der Waals surface area (Å²) >= 11 is 0.